The Morgan fingerprint density at radius 3 is 2.72 bits per heavy atom. The summed E-state index contributed by atoms with van der Waals surface area (Å²) in [4.78, 5) is 11.6. The van der Waals surface area contributed by atoms with E-state index in [1.165, 1.54) is 0 Å². The maximum atomic E-state index is 11.6. The summed E-state index contributed by atoms with van der Waals surface area (Å²) < 4.78 is 5.51. The zero-order valence-corrected chi connectivity index (χ0v) is 18.2. The molecule has 0 fully saturated rings. The summed E-state index contributed by atoms with van der Waals surface area (Å²) in [5, 5.41) is 27.0. The van der Waals surface area contributed by atoms with Crippen LogP contribution in [0.1, 0.15) is 27.6 Å². The quantitative estimate of drug-likeness (QED) is 0.360. The van der Waals surface area contributed by atoms with Crippen molar-refractivity contribution >= 4 is 23.3 Å². The van der Waals surface area contributed by atoms with Crippen LogP contribution in [-0.4, -0.2) is 42.4 Å². The van der Waals surface area contributed by atoms with Crippen LogP contribution in [0.2, 0.25) is 5.02 Å². The number of nitrogens with one attached hydrogen (secondary N) is 2. The Kier molecular flexibility index (Phi) is 6.95. The Balaban J connectivity index is 1.34. The number of halogens is 1. The van der Waals surface area contributed by atoms with Gasteiger partial charge in [-0.25, -0.2) is 4.79 Å². The highest BCUT2D eigenvalue weighted by molar-refractivity contribution is 6.30. The van der Waals surface area contributed by atoms with Gasteiger partial charge in [0.15, 0.2) is 0 Å². The van der Waals surface area contributed by atoms with E-state index in [0.717, 1.165) is 27.9 Å². The number of benzene rings is 3. The van der Waals surface area contributed by atoms with Crippen LogP contribution in [0, 0.1) is 0 Å². The molecule has 1 heterocycles. The minimum absolute atomic E-state index is 0.204. The number of fused-ring (bicyclic) bond motifs is 1. The average Bonchev–Trinajstić information content (AvgIpc) is 3.27. The highest BCUT2D eigenvalue weighted by Crippen LogP contribution is 2.35. The molecule has 1 aliphatic heterocycles. The fourth-order valence-electron chi connectivity index (χ4n) is 3.81. The van der Waals surface area contributed by atoms with Crippen LogP contribution >= 0.6 is 11.6 Å². The molecule has 1 aliphatic rings. The van der Waals surface area contributed by atoms with Crippen LogP contribution in [0.3, 0.4) is 0 Å². The predicted octanol–water partition coefficient (Wildman–Crippen LogP) is 4.38. The van der Waals surface area contributed by atoms with Gasteiger partial charge in [-0.15, -0.1) is 0 Å². The summed E-state index contributed by atoms with van der Waals surface area (Å²) in [5.41, 5.74) is 4.66. The van der Waals surface area contributed by atoms with Crippen molar-refractivity contribution in [1.29, 1.82) is 0 Å². The van der Waals surface area contributed by atoms with Crippen molar-refractivity contribution in [2.75, 3.05) is 31.6 Å². The van der Waals surface area contributed by atoms with Gasteiger partial charge < -0.3 is 25.6 Å². The molecule has 6 nitrogen and oxygen atoms in total. The van der Waals surface area contributed by atoms with E-state index in [0.29, 0.717) is 43.4 Å². The zero-order valence-electron chi connectivity index (χ0n) is 17.5. The molecule has 0 bridgehead atoms. The third kappa shape index (κ3) is 5.22. The lowest BCUT2D eigenvalue weighted by molar-refractivity contribution is 0.0693. The summed E-state index contributed by atoms with van der Waals surface area (Å²) in [6.07, 6.45) is 0.0953. The van der Waals surface area contributed by atoms with Gasteiger partial charge in [-0.2, -0.15) is 0 Å². The Hall–Kier alpha value is -3.06. The number of aliphatic hydroxyl groups excluding tert-OH is 1. The molecular weight excluding hydrogens is 428 g/mol. The molecule has 1 atom stereocenters. The number of carboxylic acid groups (broad SMARTS) is 1. The molecule has 0 saturated heterocycles. The second-order valence-electron chi connectivity index (χ2n) is 7.70. The van der Waals surface area contributed by atoms with E-state index >= 15 is 0 Å². The fourth-order valence-corrected chi connectivity index (χ4v) is 4.01. The molecule has 0 amide bonds. The predicted molar refractivity (Wildman–Crippen MR) is 126 cm³/mol. The Morgan fingerprint density at radius 1 is 1.06 bits per heavy atom. The molecule has 0 radical (unpaired) electrons. The maximum Gasteiger partial charge on any atom is 0.339 e. The Morgan fingerprint density at radius 2 is 1.91 bits per heavy atom. The van der Waals surface area contributed by atoms with E-state index in [-0.39, 0.29) is 5.56 Å². The molecule has 4 N–H and O–H groups in total. The van der Waals surface area contributed by atoms with Crippen LogP contribution in [-0.2, 0) is 6.42 Å². The number of ether oxygens (including phenoxy) is 1. The number of hydrogen-bond donors (Lipinski definition) is 4. The number of carboxylic acids is 1. The molecule has 0 aliphatic carbocycles. The van der Waals surface area contributed by atoms with Crippen molar-refractivity contribution in [3.8, 4) is 16.9 Å². The largest absolute Gasteiger partial charge is 0.492 e. The highest BCUT2D eigenvalue weighted by atomic mass is 35.5. The smallest absolute Gasteiger partial charge is 0.339 e. The summed E-state index contributed by atoms with van der Waals surface area (Å²) in [6, 6.07) is 18.8. The van der Waals surface area contributed by atoms with E-state index in [4.69, 9.17) is 16.3 Å². The number of carbonyl (C=O) groups is 1. The van der Waals surface area contributed by atoms with E-state index < -0.39 is 12.1 Å². The molecule has 0 aromatic heterocycles. The van der Waals surface area contributed by atoms with Crippen LogP contribution in [0.25, 0.3) is 11.1 Å². The zero-order chi connectivity index (χ0) is 22.5. The average molecular weight is 453 g/mol. The van der Waals surface area contributed by atoms with Crippen LogP contribution < -0.4 is 15.4 Å². The van der Waals surface area contributed by atoms with Crippen molar-refractivity contribution in [2.45, 2.75) is 12.5 Å². The van der Waals surface area contributed by atoms with E-state index in [1.54, 1.807) is 18.2 Å². The van der Waals surface area contributed by atoms with E-state index in [1.807, 2.05) is 42.5 Å². The standard InChI is InChI=1S/C25H25ClN2O4/c26-20-5-1-4-17(12-20)23(29)15-27-8-9-28-21-6-2-3-16(13-21)19-11-18-7-10-32-24(18)22(14-19)25(30)31/h1-6,11-14,23,27-29H,7-10,15H2,(H,30,31)/t23-/m0/s1. The van der Waals surface area contributed by atoms with Gasteiger partial charge in [0.05, 0.1) is 12.7 Å². The first-order valence-electron chi connectivity index (χ1n) is 10.5. The van der Waals surface area contributed by atoms with Crippen LogP contribution in [0.4, 0.5) is 5.69 Å². The van der Waals surface area contributed by atoms with Crippen molar-refractivity contribution in [2.24, 2.45) is 0 Å². The van der Waals surface area contributed by atoms with Gasteiger partial charge in [-0.3, -0.25) is 0 Å². The summed E-state index contributed by atoms with van der Waals surface area (Å²) in [6.45, 7) is 2.28. The molecule has 7 heteroatoms. The van der Waals surface area contributed by atoms with Gasteiger partial charge in [0.2, 0.25) is 0 Å². The molecule has 3 aromatic rings. The van der Waals surface area contributed by atoms with Gasteiger partial charge in [-0.1, -0.05) is 35.9 Å². The molecule has 4 rings (SSSR count). The van der Waals surface area contributed by atoms with Gasteiger partial charge in [0.25, 0.3) is 0 Å². The van der Waals surface area contributed by atoms with Crippen molar-refractivity contribution in [3.63, 3.8) is 0 Å². The number of rotatable bonds is 9. The first-order valence-corrected chi connectivity index (χ1v) is 10.9. The summed E-state index contributed by atoms with van der Waals surface area (Å²) in [7, 11) is 0. The third-order valence-corrected chi connectivity index (χ3v) is 5.65. The van der Waals surface area contributed by atoms with Crippen molar-refractivity contribution < 1.29 is 19.7 Å². The minimum Gasteiger partial charge on any atom is -0.492 e. The van der Waals surface area contributed by atoms with Gasteiger partial charge >= 0.3 is 5.97 Å². The lowest BCUT2D eigenvalue weighted by Crippen LogP contribution is -2.26. The van der Waals surface area contributed by atoms with Crippen molar-refractivity contribution in [3.05, 3.63) is 82.4 Å². The Labute approximate surface area is 191 Å². The molecule has 3 aromatic carbocycles. The second-order valence-corrected chi connectivity index (χ2v) is 8.13. The third-order valence-electron chi connectivity index (χ3n) is 5.41. The SMILES string of the molecule is O=C(O)c1cc(-c2cccc(NCCNC[C@H](O)c3cccc(Cl)c3)c2)cc2c1OCC2. The molecular formula is C25H25ClN2O4. The molecule has 166 valence electrons. The summed E-state index contributed by atoms with van der Waals surface area (Å²) >= 11 is 5.97. The second kappa shape index (κ2) is 10.0. The summed E-state index contributed by atoms with van der Waals surface area (Å²) in [5.74, 6) is -0.494. The monoisotopic (exact) mass is 452 g/mol. The first kappa shape index (κ1) is 22.1. The van der Waals surface area contributed by atoms with Gasteiger partial charge in [0.1, 0.15) is 11.3 Å². The van der Waals surface area contributed by atoms with Gasteiger partial charge in [0, 0.05) is 36.8 Å². The Bertz CT molecular complexity index is 1120. The number of anilines is 1. The number of hydrogen-bond acceptors (Lipinski definition) is 5. The van der Waals surface area contributed by atoms with Crippen molar-refractivity contribution in [1.82, 2.24) is 5.32 Å². The van der Waals surface area contributed by atoms with Gasteiger partial charge in [-0.05, 0) is 58.7 Å². The highest BCUT2D eigenvalue weighted by Gasteiger charge is 2.22. The first-order chi connectivity index (χ1) is 15.5. The normalized spacial score (nSPS) is 13.3. The topological polar surface area (TPSA) is 90.8 Å². The number of aromatic carboxylic acids is 1. The fraction of sp³-hybridized carbons (Fsp3) is 0.240. The van der Waals surface area contributed by atoms with Crippen LogP contribution in [0.15, 0.2) is 60.7 Å². The molecule has 0 unspecified atom stereocenters. The molecule has 0 saturated carbocycles. The lowest BCUT2D eigenvalue weighted by Gasteiger charge is -2.14. The molecule has 0 spiro atoms. The molecule has 32 heavy (non-hydrogen) atoms. The lowest BCUT2D eigenvalue weighted by atomic mass is 9.98. The van der Waals surface area contributed by atoms with Crippen LogP contribution in [0.5, 0.6) is 5.75 Å². The maximum absolute atomic E-state index is 11.6. The van der Waals surface area contributed by atoms with E-state index in [9.17, 15) is 15.0 Å². The van der Waals surface area contributed by atoms with E-state index in [2.05, 4.69) is 10.6 Å². The minimum atomic E-state index is -0.981. The number of aliphatic hydroxyl groups is 1.